The summed E-state index contributed by atoms with van der Waals surface area (Å²) in [5, 5.41) is 13.0. The molecule has 0 bridgehead atoms. The van der Waals surface area contributed by atoms with Gasteiger partial charge in [-0.2, -0.15) is 0 Å². The summed E-state index contributed by atoms with van der Waals surface area (Å²) in [6.07, 6.45) is 0. The van der Waals surface area contributed by atoms with Crippen molar-refractivity contribution >= 4 is 50.6 Å². The van der Waals surface area contributed by atoms with Gasteiger partial charge in [0.2, 0.25) is 0 Å². The van der Waals surface area contributed by atoms with E-state index in [1.54, 1.807) is 23.1 Å². The van der Waals surface area contributed by atoms with Crippen molar-refractivity contribution in [1.82, 2.24) is 19.7 Å². The lowest BCUT2D eigenvalue weighted by Crippen LogP contribution is -1.94. The zero-order valence-electron chi connectivity index (χ0n) is 13.5. The van der Waals surface area contributed by atoms with Gasteiger partial charge in [0.05, 0.1) is 10.7 Å². The van der Waals surface area contributed by atoms with Crippen LogP contribution in [0.25, 0.3) is 22.2 Å². The predicted molar refractivity (Wildman–Crippen MR) is 109 cm³/mol. The summed E-state index contributed by atoms with van der Waals surface area (Å²) in [6.45, 7) is 0. The zero-order chi connectivity index (χ0) is 18.1. The number of thiazole rings is 1. The number of halogens is 2. The van der Waals surface area contributed by atoms with Crippen molar-refractivity contribution in [3.63, 3.8) is 0 Å². The molecule has 0 radical (unpaired) electrons. The first kappa shape index (κ1) is 17.8. The molecule has 0 fully saturated rings. The number of rotatable bonds is 5. The van der Waals surface area contributed by atoms with Crippen molar-refractivity contribution < 1.29 is 4.42 Å². The normalized spacial score (nSPS) is 11.2. The Kier molecular flexibility index (Phi) is 5.17. The minimum absolute atomic E-state index is 0.666. The molecule has 4 aromatic rings. The summed E-state index contributed by atoms with van der Waals surface area (Å²) in [6, 6.07) is 11.4. The van der Waals surface area contributed by atoms with Gasteiger partial charge in [0.15, 0.2) is 21.4 Å². The van der Waals surface area contributed by atoms with Crippen LogP contribution in [0.5, 0.6) is 0 Å². The second-order valence-corrected chi connectivity index (χ2v) is 8.37. The van der Waals surface area contributed by atoms with Crippen molar-refractivity contribution in [2.24, 2.45) is 7.05 Å². The molecular weight excluding hydrogens is 456 g/mol. The smallest absolute Gasteiger partial charge is 0.200 e. The molecule has 0 unspecified atom stereocenters. The summed E-state index contributed by atoms with van der Waals surface area (Å²) in [4.78, 5) is 4.69. The minimum atomic E-state index is 0.666. The third-order valence-corrected chi connectivity index (χ3v) is 6.37. The van der Waals surface area contributed by atoms with Gasteiger partial charge in [-0.05, 0) is 34.1 Å². The summed E-state index contributed by atoms with van der Waals surface area (Å²) in [5.74, 6) is 2.07. The maximum atomic E-state index is 6.25. The average molecular weight is 468 g/mol. The highest BCUT2D eigenvalue weighted by molar-refractivity contribution is 9.10. The van der Waals surface area contributed by atoms with Crippen LogP contribution in [0, 0.1) is 0 Å². The highest BCUT2D eigenvalue weighted by atomic mass is 79.9. The molecule has 0 N–H and O–H groups in total. The Balaban J connectivity index is 1.49. The number of aromatic nitrogens is 4. The largest absolute Gasteiger partial charge is 0.446 e. The van der Waals surface area contributed by atoms with Crippen molar-refractivity contribution in [3.05, 3.63) is 57.2 Å². The highest BCUT2D eigenvalue weighted by Crippen LogP contribution is 2.32. The summed E-state index contributed by atoms with van der Waals surface area (Å²) < 4.78 is 8.13. The van der Waals surface area contributed by atoms with Crippen LogP contribution in [0.3, 0.4) is 0 Å². The van der Waals surface area contributed by atoms with Gasteiger partial charge < -0.3 is 8.98 Å². The molecule has 0 saturated heterocycles. The van der Waals surface area contributed by atoms with Crippen molar-refractivity contribution in [1.29, 1.82) is 0 Å². The molecule has 9 heteroatoms. The van der Waals surface area contributed by atoms with E-state index in [1.807, 2.05) is 53.4 Å². The van der Waals surface area contributed by atoms with Crippen LogP contribution in [0.4, 0.5) is 0 Å². The summed E-state index contributed by atoms with van der Waals surface area (Å²) >= 11 is 12.7. The third kappa shape index (κ3) is 3.59. The molecule has 132 valence electrons. The Bertz CT molecular complexity index is 1060. The van der Waals surface area contributed by atoms with Gasteiger partial charge in [0.25, 0.3) is 0 Å². The van der Waals surface area contributed by atoms with Crippen LogP contribution in [-0.2, 0) is 12.8 Å². The third-order valence-electron chi connectivity index (χ3n) is 3.63. The first-order valence-electron chi connectivity index (χ1n) is 7.59. The van der Waals surface area contributed by atoms with Crippen LogP contribution in [-0.4, -0.2) is 19.7 Å². The Hall–Kier alpha value is -1.61. The second kappa shape index (κ2) is 7.56. The zero-order valence-corrected chi connectivity index (χ0v) is 17.5. The summed E-state index contributed by atoms with van der Waals surface area (Å²) in [7, 11) is 1.92. The monoisotopic (exact) mass is 466 g/mol. The molecule has 4 rings (SSSR count). The van der Waals surface area contributed by atoms with Crippen LogP contribution >= 0.6 is 50.6 Å². The van der Waals surface area contributed by atoms with E-state index in [0.717, 1.165) is 21.4 Å². The van der Waals surface area contributed by atoms with Gasteiger partial charge in [-0.1, -0.05) is 41.6 Å². The molecule has 5 nitrogen and oxygen atoms in total. The van der Waals surface area contributed by atoms with Crippen LogP contribution < -0.4 is 0 Å². The Morgan fingerprint density at radius 2 is 2.08 bits per heavy atom. The lowest BCUT2D eigenvalue weighted by Gasteiger charge is -2.01. The Labute approximate surface area is 171 Å². The SMILES string of the molecule is Cn1c(SCc2csc(-c3ccccc3Cl)n2)nnc1-c1ccc(Br)o1. The van der Waals surface area contributed by atoms with Crippen molar-refractivity contribution in [2.45, 2.75) is 10.9 Å². The standard InChI is InChI=1S/C17H12BrClN4OS2/c1-23-15(13-6-7-14(18)24-13)21-22-17(23)26-9-10-8-25-16(20-10)11-4-2-3-5-12(11)19/h2-8H,9H2,1H3. The van der Waals surface area contributed by atoms with Gasteiger partial charge in [-0.15, -0.1) is 21.5 Å². The van der Waals surface area contributed by atoms with Gasteiger partial charge in [-0.3, -0.25) is 0 Å². The van der Waals surface area contributed by atoms with E-state index >= 15 is 0 Å². The van der Waals surface area contributed by atoms with E-state index in [0.29, 0.717) is 27.0 Å². The van der Waals surface area contributed by atoms with E-state index in [9.17, 15) is 0 Å². The molecule has 0 aliphatic rings. The highest BCUT2D eigenvalue weighted by Gasteiger charge is 2.15. The summed E-state index contributed by atoms with van der Waals surface area (Å²) in [5.41, 5.74) is 1.94. The number of furan rings is 1. The molecule has 0 saturated carbocycles. The van der Waals surface area contributed by atoms with Crippen LogP contribution in [0.15, 0.2) is 56.0 Å². The number of benzene rings is 1. The van der Waals surface area contributed by atoms with E-state index in [4.69, 9.17) is 16.0 Å². The first-order valence-corrected chi connectivity index (χ1v) is 10.6. The van der Waals surface area contributed by atoms with E-state index in [2.05, 4.69) is 31.1 Å². The van der Waals surface area contributed by atoms with Crippen molar-refractivity contribution in [2.75, 3.05) is 0 Å². The molecule has 3 aromatic heterocycles. The number of thioether (sulfide) groups is 1. The van der Waals surface area contributed by atoms with Gasteiger partial charge in [-0.25, -0.2) is 4.98 Å². The first-order chi connectivity index (χ1) is 12.6. The van der Waals surface area contributed by atoms with E-state index in [-0.39, 0.29) is 0 Å². The van der Waals surface area contributed by atoms with Crippen LogP contribution in [0.2, 0.25) is 5.02 Å². The maximum absolute atomic E-state index is 6.25. The fourth-order valence-corrected chi connectivity index (χ4v) is 4.72. The Morgan fingerprint density at radius 1 is 1.23 bits per heavy atom. The topological polar surface area (TPSA) is 56.7 Å². The van der Waals surface area contributed by atoms with E-state index < -0.39 is 0 Å². The molecule has 0 aliphatic carbocycles. The predicted octanol–water partition coefficient (Wildman–Crippen LogP) is 5.91. The number of hydrogen-bond acceptors (Lipinski definition) is 6. The molecule has 0 amide bonds. The number of nitrogens with zero attached hydrogens (tertiary/aromatic N) is 4. The molecule has 0 spiro atoms. The molecule has 0 atom stereocenters. The fourth-order valence-electron chi connectivity index (χ4n) is 2.36. The number of hydrogen-bond donors (Lipinski definition) is 0. The van der Waals surface area contributed by atoms with Crippen LogP contribution in [0.1, 0.15) is 5.69 Å². The van der Waals surface area contributed by atoms with Crippen molar-refractivity contribution in [3.8, 4) is 22.2 Å². The molecule has 3 heterocycles. The van der Waals surface area contributed by atoms with Gasteiger partial charge in [0, 0.05) is 23.7 Å². The van der Waals surface area contributed by atoms with Gasteiger partial charge >= 0.3 is 0 Å². The lowest BCUT2D eigenvalue weighted by atomic mass is 10.2. The maximum Gasteiger partial charge on any atom is 0.200 e. The average Bonchev–Trinajstić information content (AvgIpc) is 3.34. The molecule has 1 aromatic carbocycles. The Morgan fingerprint density at radius 3 is 2.85 bits per heavy atom. The van der Waals surface area contributed by atoms with E-state index in [1.165, 1.54) is 0 Å². The fraction of sp³-hybridized carbons (Fsp3) is 0.118. The second-order valence-electron chi connectivity index (χ2n) is 5.38. The molecular formula is C17H12BrClN4OS2. The minimum Gasteiger partial charge on any atom is -0.446 e. The quantitative estimate of drug-likeness (QED) is 0.342. The molecule has 0 aliphatic heterocycles. The van der Waals surface area contributed by atoms with Gasteiger partial charge in [0.1, 0.15) is 5.01 Å². The molecule has 26 heavy (non-hydrogen) atoms. The lowest BCUT2D eigenvalue weighted by molar-refractivity contribution is 0.547.